The Hall–Kier alpha value is -2.52. The Morgan fingerprint density at radius 2 is 2.32 bits per heavy atom. The second-order valence-corrected chi connectivity index (χ2v) is 5.70. The Kier molecular flexibility index (Phi) is 6.43. The van der Waals surface area contributed by atoms with Crippen LogP contribution in [-0.2, 0) is 0 Å². The monoisotopic (exact) mass is 366 g/mol. The maximum Gasteiger partial charge on any atom is 0.295 e. The molecule has 0 bridgehead atoms. The molecule has 0 radical (unpaired) electrons. The number of carbonyl (C=O) groups excluding carboxylic acids is 1. The number of nitrogens with zero attached hydrogens (tertiary/aromatic N) is 4. The van der Waals surface area contributed by atoms with Crippen molar-refractivity contribution < 1.29 is 9.72 Å². The number of nitro benzene ring substituents is 1. The number of carbonyl (C=O) groups is 1. The molecule has 134 valence electrons. The number of nitro groups is 1. The third kappa shape index (κ3) is 4.52. The molecule has 1 fully saturated rings. The van der Waals surface area contributed by atoms with Crippen molar-refractivity contribution in [2.45, 2.75) is 12.8 Å². The summed E-state index contributed by atoms with van der Waals surface area (Å²) in [5.41, 5.74) is 0.342. The Bertz CT molecular complexity index is 731. The van der Waals surface area contributed by atoms with Gasteiger partial charge in [-0.3, -0.25) is 14.9 Å². The summed E-state index contributed by atoms with van der Waals surface area (Å²) in [6, 6.07) is 4.32. The highest BCUT2D eigenvalue weighted by Crippen LogP contribution is 2.23. The van der Waals surface area contributed by atoms with Crippen molar-refractivity contribution in [3.63, 3.8) is 0 Å². The summed E-state index contributed by atoms with van der Waals surface area (Å²) in [5.74, 6) is 0.267. The first-order valence-electron chi connectivity index (χ1n) is 7.77. The van der Waals surface area contributed by atoms with Crippen molar-refractivity contribution in [2.24, 2.45) is 5.92 Å². The Labute approximate surface area is 150 Å². The molecule has 2 heterocycles. The van der Waals surface area contributed by atoms with Crippen LogP contribution in [0.4, 0.5) is 5.69 Å². The largest absolute Gasteiger partial charge is 0.352 e. The summed E-state index contributed by atoms with van der Waals surface area (Å²) in [5, 5.41) is 21.3. The van der Waals surface area contributed by atoms with Crippen LogP contribution < -0.4 is 10.6 Å². The molecule has 1 aromatic carbocycles. The SMILES string of the molecule is Cl.O=C(NCCC1CCNC1)c1ccc(-n2cncn2)c([N+](=O)[O-])c1. The van der Waals surface area contributed by atoms with E-state index in [0.29, 0.717) is 12.5 Å². The summed E-state index contributed by atoms with van der Waals surface area (Å²) in [7, 11) is 0. The van der Waals surface area contributed by atoms with Gasteiger partial charge in [-0.2, -0.15) is 5.10 Å². The van der Waals surface area contributed by atoms with Crippen LogP contribution in [0.3, 0.4) is 0 Å². The average molecular weight is 367 g/mol. The predicted molar refractivity (Wildman–Crippen MR) is 93.2 cm³/mol. The number of halogens is 1. The van der Waals surface area contributed by atoms with E-state index < -0.39 is 4.92 Å². The van der Waals surface area contributed by atoms with Crippen LogP contribution in [0.5, 0.6) is 0 Å². The van der Waals surface area contributed by atoms with Gasteiger partial charge >= 0.3 is 0 Å². The molecule has 2 N–H and O–H groups in total. The first-order chi connectivity index (χ1) is 11.6. The molecule has 2 aromatic rings. The van der Waals surface area contributed by atoms with E-state index in [1.807, 2.05) is 0 Å². The van der Waals surface area contributed by atoms with Crippen molar-refractivity contribution in [1.29, 1.82) is 0 Å². The van der Waals surface area contributed by atoms with E-state index in [1.165, 1.54) is 29.5 Å². The number of rotatable bonds is 6. The molecule has 1 saturated heterocycles. The molecule has 0 aliphatic carbocycles. The van der Waals surface area contributed by atoms with Gasteiger partial charge in [0, 0.05) is 18.2 Å². The zero-order valence-electron chi connectivity index (χ0n) is 13.4. The smallest absolute Gasteiger partial charge is 0.295 e. The number of hydrogen-bond donors (Lipinski definition) is 2. The summed E-state index contributed by atoms with van der Waals surface area (Å²) in [4.78, 5) is 26.7. The van der Waals surface area contributed by atoms with Gasteiger partial charge in [0.25, 0.3) is 11.6 Å². The van der Waals surface area contributed by atoms with E-state index in [4.69, 9.17) is 0 Å². The molecule has 0 spiro atoms. The minimum atomic E-state index is -0.530. The Balaban J connectivity index is 0.00000225. The molecule has 1 aliphatic rings. The highest BCUT2D eigenvalue weighted by Gasteiger charge is 2.20. The van der Waals surface area contributed by atoms with E-state index in [2.05, 4.69) is 20.7 Å². The van der Waals surface area contributed by atoms with Gasteiger partial charge < -0.3 is 10.6 Å². The van der Waals surface area contributed by atoms with Crippen LogP contribution in [0.1, 0.15) is 23.2 Å². The summed E-state index contributed by atoms with van der Waals surface area (Å²) >= 11 is 0. The molecule has 25 heavy (non-hydrogen) atoms. The van der Waals surface area contributed by atoms with E-state index in [1.54, 1.807) is 6.07 Å². The van der Waals surface area contributed by atoms with Gasteiger partial charge in [-0.05, 0) is 44.0 Å². The minimum Gasteiger partial charge on any atom is -0.352 e. The maximum atomic E-state index is 12.2. The lowest BCUT2D eigenvalue weighted by atomic mass is 10.1. The number of benzene rings is 1. The summed E-state index contributed by atoms with van der Waals surface area (Å²) < 4.78 is 1.30. The average Bonchev–Trinajstić information content (AvgIpc) is 3.28. The number of hydrogen-bond acceptors (Lipinski definition) is 6. The lowest BCUT2D eigenvalue weighted by Gasteiger charge is -2.10. The van der Waals surface area contributed by atoms with Crippen molar-refractivity contribution in [3.8, 4) is 5.69 Å². The molecule has 10 heteroatoms. The topological polar surface area (TPSA) is 115 Å². The van der Waals surface area contributed by atoms with Crippen molar-refractivity contribution in [3.05, 3.63) is 46.5 Å². The number of aromatic nitrogens is 3. The second-order valence-electron chi connectivity index (χ2n) is 5.70. The van der Waals surface area contributed by atoms with Crippen LogP contribution >= 0.6 is 12.4 Å². The maximum absolute atomic E-state index is 12.2. The van der Waals surface area contributed by atoms with E-state index in [0.717, 1.165) is 25.9 Å². The third-order valence-corrected chi connectivity index (χ3v) is 4.10. The van der Waals surface area contributed by atoms with Gasteiger partial charge in [-0.25, -0.2) is 9.67 Å². The van der Waals surface area contributed by atoms with Gasteiger partial charge in [-0.15, -0.1) is 12.4 Å². The summed E-state index contributed by atoms with van der Waals surface area (Å²) in [6.07, 6.45) is 4.69. The van der Waals surface area contributed by atoms with Gasteiger partial charge in [0.05, 0.1) is 4.92 Å². The third-order valence-electron chi connectivity index (χ3n) is 4.10. The highest BCUT2D eigenvalue weighted by molar-refractivity contribution is 5.95. The fraction of sp³-hybridized carbons (Fsp3) is 0.400. The molecular weight excluding hydrogens is 348 g/mol. The zero-order chi connectivity index (χ0) is 16.9. The molecule has 1 aromatic heterocycles. The molecule has 1 unspecified atom stereocenters. The fourth-order valence-corrected chi connectivity index (χ4v) is 2.79. The molecule has 0 saturated carbocycles. The van der Waals surface area contributed by atoms with Crippen LogP contribution in [0.15, 0.2) is 30.9 Å². The van der Waals surface area contributed by atoms with Crippen LogP contribution in [0, 0.1) is 16.0 Å². The molecule has 1 amide bonds. The lowest BCUT2D eigenvalue weighted by Crippen LogP contribution is -2.26. The minimum absolute atomic E-state index is 0. The highest BCUT2D eigenvalue weighted by atomic mass is 35.5. The first kappa shape index (κ1) is 18.8. The van der Waals surface area contributed by atoms with Gasteiger partial charge in [0.1, 0.15) is 18.3 Å². The normalized spacial score (nSPS) is 16.2. The first-order valence-corrected chi connectivity index (χ1v) is 7.77. The Morgan fingerprint density at radius 3 is 2.96 bits per heavy atom. The lowest BCUT2D eigenvalue weighted by molar-refractivity contribution is -0.384. The number of amides is 1. The molecule has 9 nitrogen and oxygen atoms in total. The number of nitrogens with one attached hydrogen (secondary N) is 2. The Morgan fingerprint density at radius 1 is 1.48 bits per heavy atom. The molecule has 1 atom stereocenters. The fourth-order valence-electron chi connectivity index (χ4n) is 2.79. The van der Waals surface area contributed by atoms with E-state index in [-0.39, 0.29) is 35.3 Å². The van der Waals surface area contributed by atoms with Gasteiger partial charge in [0.15, 0.2) is 0 Å². The summed E-state index contributed by atoms with van der Waals surface area (Å²) in [6.45, 7) is 2.56. The van der Waals surface area contributed by atoms with Crippen molar-refractivity contribution in [2.75, 3.05) is 19.6 Å². The second kappa shape index (κ2) is 8.54. The van der Waals surface area contributed by atoms with Crippen LogP contribution in [0.25, 0.3) is 5.69 Å². The standard InChI is InChI=1S/C15H18N6O3.ClH/c22-15(18-6-4-11-3-5-16-8-11)12-1-2-13(14(7-12)21(23)24)20-10-17-9-19-20;/h1-2,7,9-11,16H,3-6,8H2,(H,18,22);1H. The van der Waals surface area contributed by atoms with Gasteiger partial charge in [-0.1, -0.05) is 0 Å². The van der Waals surface area contributed by atoms with Crippen LogP contribution in [-0.4, -0.2) is 45.2 Å². The predicted octanol–water partition coefficient (Wildman–Crippen LogP) is 1.33. The zero-order valence-corrected chi connectivity index (χ0v) is 14.2. The molecule has 3 rings (SSSR count). The van der Waals surface area contributed by atoms with Crippen molar-refractivity contribution >= 4 is 24.0 Å². The van der Waals surface area contributed by atoms with Gasteiger partial charge in [0.2, 0.25) is 0 Å². The molecular formula is C15H19ClN6O3. The quantitative estimate of drug-likeness (QED) is 0.588. The van der Waals surface area contributed by atoms with E-state index in [9.17, 15) is 14.9 Å². The van der Waals surface area contributed by atoms with Crippen LogP contribution in [0.2, 0.25) is 0 Å². The van der Waals surface area contributed by atoms with Crippen molar-refractivity contribution in [1.82, 2.24) is 25.4 Å². The van der Waals surface area contributed by atoms with E-state index >= 15 is 0 Å². The molecule has 1 aliphatic heterocycles.